The lowest BCUT2D eigenvalue weighted by Gasteiger charge is -2.36. The summed E-state index contributed by atoms with van der Waals surface area (Å²) >= 11 is 0. The molecule has 25 heavy (non-hydrogen) atoms. The van der Waals surface area contributed by atoms with E-state index in [1.54, 1.807) is 24.3 Å². The lowest BCUT2D eigenvalue weighted by molar-refractivity contribution is -0.125. The number of rotatable bonds is 5. The molecule has 0 aliphatic carbocycles. The molecule has 2 saturated heterocycles. The number of carbonyl (C=O) groups is 2. The van der Waals surface area contributed by atoms with Crippen molar-refractivity contribution < 1.29 is 14.3 Å². The van der Waals surface area contributed by atoms with E-state index >= 15 is 0 Å². The predicted molar refractivity (Wildman–Crippen MR) is 89.9 cm³/mol. The number of urea groups is 1. The van der Waals surface area contributed by atoms with Crippen LogP contribution in [0.1, 0.15) is 18.4 Å². The second-order valence-electron chi connectivity index (χ2n) is 6.18. The molecule has 8 heteroatoms. The van der Waals surface area contributed by atoms with Crippen LogP contribution in [0.2, 0.25) is 0 Å². The fraction of sp³-hybridized carbons (Fsp3) is 0.529. The van der Waals surface area contributed by atoms with Crippen molar-refractivity contribution in [3.05, 3.63) is 23.9 Å². The number of piperidine rings is 1. The molecule has 0 radical (unpaired) electrons. The molecular formula is C17H21N5O3. The van der Waals surface area contributed by atoms with Gasteiger partial charge in [-0.1, -0.05) is 0 Å². The maximum Gasteiger partial charge on any atom is 0.327 e. The van der Waals surface area contributed by atoms with Crippen LogP contribution in [0.25, 0.3) is 0 Å². The van der Waals surface area contributed by atoms with Gasteiger partial charge in [-0.05, 0) is 25.0 Å². The minimum Gasteiger partial charge on any atom is -0.383 e. The molecule has 2 fully saturated rings. The number of hydrogen-bond donors (Lipinski definition) is 0. The van der Waals surface area contributed by atoms with E-state index in [0.717, 1.165) is 31.7 Å². The topological polar surface area (TPSA) is 89.8 Å². The molecule has 0 saturated carbocycles. The van der Waals surface area contributed by atoms with Crippen molar-refractivity contribution in [2.75, 3.05) is 44.8 Å². The first-order valence-corrected chi connectivity index (χ1v) is 8.35. The molecule has 132 valence electrons. The van der Waals surface area contributed by atoms with Crippen LogP contribution in [-0.4, -0.2) is 72.7 Å². The highest BCUT2D eigenvalue weighted by molar-refractivity contribution is 6.02. The van der Waals surface area contributed by atoms with E-state index in [2.05, 4.69) is 16.0 Å². The zero-order valence-corrected chi connectivity index (χ0v) is 14.2. The SMILES string of the molecule is COCCN1C(=O)CN(C2CCN(c3ccc(C#N)cn3)CC2)C1=O. The highest BCUT2D eigenvalue weighted by atomic mass is 16.5. The van der Waals surface area contributed by atoms with Gasteiger partial charge in [-0.3, -0.25) is 9.69 Å². The zero-order valence-electron chi connectivity index (χ0n) is 14.2. The Morgan fingerprint density at radius 2 is 2.08 bits per heavy atom. The van der Waals surface area contributed by atoms with Gasteiger partial charge in [0.05, 0.1) is 18.7 Å². The van der Waals surface area contributed by atoms with Gasteiger partial charge in [0.15, 0.2) is 0 Å². The molecule has 1 aromatic heterocycles. The van der Waals surface area contributed by atoms with Crippen molar-refractivity contribution in [3.63, 3.8) is 0 Å². The normalized spacial score (nSPS) is 18.8. The molecule has 2 aliphatic heterocycles. The maximum absolute atomic E-state index is 12.5. The van der Waals surface area contributed by atoms with Gasteiger partial charge in [0.1, 0.15) is 18.4 Å². The summed E-state index contributed by atoms with van der Waals surface area (Å²) in [7, 11) is 1.55. The van der Waals surface area contributed by atoms with Crippen LogP contribution in [0.4, 0.5) is 10.6 Å². The molecule has 8 nitrogen and oxygen atoms in total. The molecule has 0 bridgehead atoms. The predicted octanol–water partition coefficient (Wildman–Crippen LogP) is 0.833. The van der Waals surface area contributed by atoms with Gasteiger partial charge in [0.25, 0.3) is 0 Å². The molecule has 0 aromatic carbocycles. The number of nitrogens with zero attached hydrogens (tertiary/aromatic N) is 5. The van der Waals surface area contributed by atoms with E-state index in [-0.39, 0.29) is 24.5 Å². The summed E-state index contributed by atoms with van der Waals surface area (Å²) in [4.78, 5) is 33.9. The number of hydrogen-bond acceptors (Lipinski definition) is 6. The Labute approximate surface area is 146 Å². The van der Waals surface area contributed by atoms with Crippen molar-refractivity contribution in [3.8, 4) is 6.07 Å². The third kappa shape index (κ3) is 3.56. The molecule has 3 heterocycles. The van der Waals surface area contributed by atoms with Crippen molar-refractivity contribution in [2.24, 2.45) is 0 Å². The minimum atomic E-state index is -0.211. The monoisotopic (exact) mass is 343 g/mol. The van der Waals surface area contributed by atoms with Crippen molar-refractivity contribution in [2.45, 2.75) is 18.9 Å². The summed E-state index contributed by atoms with van der Waals surface area (Å²) in [6.45, 7) is 2.34. The first-order valence-electron chi connectivity index (χ1n) is 8.35. The Hall–Kier alpha value is -2.66. The quantitative estimate of drug-likeness (QED) is 0.736. The molecule has 2 aliphatic rings. The summed E-state index contributed by atoms with van der Waals surface area (Å²) in [5.41, 5.74) is 0.538. The Balaban J connectivity index is 1.58. The lowest BCUT2D eigenvalue weighted by Crippen LogP contribution is -2.47. The molecule has 0 N–H and O–H groups in total. The van der Waals surface area contributed by atoms with Crippen molar-refractivity contribution in [1.29, 1.82) is 5.26 Å². The Kier molecular flexibility index (Phi) is 5.14. The third-order valence-electron chi connectivity index (χ3n) is 4.71. The number of ether oxygens (including phenoxy) is 1. The molecule has 1 aromatic rings. The number of methoxy groups -OCH3 is 1. The van der Waals surface area contributed by atoms with E-state index in [1.807, 2.05) is 6.07 Å². The van der Waals surface area contributed by atoms with Gasteiger partial charge in [-0.25, -0.2) is 9.78 Å². The van der Waals surface area contributed by atoms with Crippen LogP contribution in [0.15, 0.2) is 18.3 Å². The number of imide groups is 1. The van der Waals surface area contributed by atoms with E-state index < -0.39 is 0 Å². The maximum atomic E-state index is 12.5. The summed E-state index contributed by atoms with van der Waals surface area (Å²) in [5.74, 6) is 0.682. The third-order valence-corrected chi connectivity index (χ3v) is 4.71. The largest absolute Gasteiger partial charge is 0.383 e. The molecular weight excluding hydrogens is 322 g/mol. The second-order valence-corrected chi connectivity index (χ2v) is 6.18. The van der Waals surface area contributed by atoms with Gasteiger partial charge in [-0.2, -0.15) is 5.26 Å². The van der Waals surface area contributed by atoms with Gasteiger partial charge in [-0.15, -0.1) is 0 Å². The molecule has 0 atom stereocenters. The number of pyridine rings is 1. The van der Waals surface area contributed by atoms with E-state index in [9.17, 15) is 9.59 Å². The summed E-state index contributed by atoms with van der Waals surface area (Å²) < 4.78 is 4.96. The van der Waals surface area contributed by atoms with Gasteiger partial charge < -0.3 is 14.5 Å². The van der Waals surface area contributed by atoms with Crippen LogP contribution >= 0.6 is 0 Å². The summed E-state index contributed by atoms with van der Waals surface area (Å²) in [6.07, 6.45) is 3.15. The molecule has 3 amide bonds. The Morgan fingerprint density at radius 3 is 2.68 bits per heavy atom. The summed E-state index contributed by atoms with van der Waals surface area (Å²) in [6, 6.07) is 5.51. The first kappa shape index (κ1) is 17.2. The number of amides is 3. The average Bonchev–Trinajstić information content (AvgIpc) is 2.94. The second kappa shape index (κ2) is 7.49. The Bertz CT molecular complexity index is 677. The Morgan fingerprint density at radius 1 is 1.32 bits per heavy atom. The first-order chi connectivity index (χ1) is 12.1. The molecule has 0 unspecified atom stereocenters. The van der Waals surface area contributed by atoms with E-state index in [4.69, 9.17) is 10.00 Å². The van der Waals surface area contributed by atoms with Crippen LogP contribution in [0, 0.1) is 11.3 Å². The van der Waals surface area contributed by atoms with Gasteiger partial charge >= 0.3 is 6.03 Å². The highest BCUT2D eigenvalue weighted by Gasteiger charge is 2.40. The minimum absolute atomic E-state index is 0.0682. The van der Waals surface area contributed by atoms with E-state index in [0.29, 0.717) is 18.7 Å². The number of carbonyl (C=O) groups excluding carboxylic acids is 2. The van der Waals surface area contributed by atoms with Crippen LogP contribution in [0.3, 0.4) is 0 Å². The van der Waals surface area contributed by atoms with Crippen LogP contribution in [0.5, 0.6) is 0 Å². The highest BCUT2D eigenvalue weighted by Crippen LogP contribution is 2.24. The standard InChI is InChI=1S/C17H21N5O3/c1-25-9-8-21-16(23)12-22(17(21)24)14-4-6-20(7-5-14)15-3-2-13(10-18)11-19-15/h2-3,11,14H,4-9,12H2,1H3. The number of aromatic nitrogens is 1. The lowest BCUT2D eigenvalue weighted by atomic mass is 10.0. The molecule has 3 rings (SSSR count). The fourth-order valence-electron chi connectivity index (χ4n) is 3.29. The molecule has 0 spiro atoms. The van der Waals surface area contributed by atoms with Crippen molar-refractivity contribution >= 4 is 17.8 Å². The van der Waals surface area contributed by atoms with Gasteiger partial charge in [0.2, 0.25) is 5.91 Å². The average molecular weight is 343 g/mol. The smallest absolute Gasteiger partial charge is 0.327 e. The zero-order chi connectivity index (χ0) is 17.8. The van der Waals surface area contributed by atoms with Gasteiger partial charge in [0, 0.05) is 32.4 Å². The number of nitriles is 1. The van der Waals surface area contributed by atoms with Crippen molar-refractivity contribution in [1.82, 2.24) is 14.8 Å². The van der Waals surface area contributed by atoms with Crippen LogP contribution in [-0.2, 0) is 9.53 Å². The van der Waals surface area contributed by atoms with Crippen LogP contribution < -0.4 is 4.90 Å². The number of anilines is 1. The fourth-order valence-corrected chi connectivity index (χ4v) is 3.29. The summed E-state index contributed by atoms with van der Waals surface area (Å²) in [5, 5.41) is 8.84. The van der Waals surface area contributed by atoms with E-state index in [1.165, 1.54) is 4.90 Å².